The molecule has 4 heterocycles. The topological polar surface area (TPSA) is 145 Å². The average Bonchev–Trinajstić information content (AvgIpc) is 3.23. The number of nitrogens with zero attached hydrogens (tertiary/aromatic N) is 4. The Kier molecular flexibility index (Phi) is 3.71. The largest absolute Gasteiger partial charge is 0.617 e. The molecule has 6 rings (SSSR count). The molecule has 2 amide bonds. The summed E-state index contributed by atoms with van der Waals surface area (Å²) in [5.74, 6) is -3.29. The minimum Gasteiger partial charge on any atom is -0.617 e. The smallest absolute Gasteiger partial charge is 0.348 e. The minimum atomic E-state index is -1.76. The molecule has 4 aliphatic rings. The van der Waals surface area contributed by atoms with E-state index in [1.807, 2.05) is 0 Å². The molecule has 1 aliphatic carbocycles. The zero-order valence-electron chi connectivity index (χ0n) is 14.8. The summed E-state index contributed by atoms with van der Waals surface area (Å²) in [6, 6.07) is 6.13. The summed E-state index contributed by atoms with van der Waals surface area (Å²) in [6.45, 7) is -0.391. The Balaban J connectivity index is 0.00000193. The molecule has 1 N–H and O–H groups in total. The fourth-order valence-corrected chi connectivity index (χ4v) is 4.41. The zero-order chi connectivity index (χ0) is 20.2. The van der Waals surface area contributed by atoms with E-state index in [1.54, 1.807) is 12.1 Å². The van der Waals surface area contributed by atoms with Crippen molar-refractivity contribution in [3.63, 3.8) is 0 Å². The van der Waals surface area contributed by atoms with Crippen molar-refractivity contribution in [2.24, 2.45) is 0 Å². The number of hydrogen-bond donors (Lipinski definition) is 1. The molecule has 1 fully saturated rings. The van der Waals surface area contributed by atoms with E-state index in [2.05, 4.69) is 10.3 Å². The Labute approximate surface area is 199 Å². The molecule has 1 spiro atoms. The zero-order valence-corrected chi connectivity index (χ0v) is 18.0. The number of aromatic nitrogens is 3. The van der Waals surface area contributed by atoms with Gasteiger partial charge in [-0.1, -0.05) is 24.3 Å². The van der Waals surface area contributed by atoms with Gasteiger partial charge in [0, 0.05) is 64.7 Å². The van der Waals surface area contributed by atoms with Crippen LogP contribution >= 0.6 is 0 Å². The standard InChI is InChI=1S/C18H9N5O6.Ce/c24-12-7-3-1-2-4-8(7)13(25)11-10(12)9-5-21-16(28)19-17(29)22(21)6-18(9)20-14(26)15(27)23(11)18;/h1-5H,6H2,(H2,19,20,26,28,29);/p-1. The molecule has 0 saturated carbocycles. The van der Waals surface area contributed by atoms with Crippen LogP contribution in [0.2, 0.25) is 0 Å². The molecule has 0 bridgehead atoms. The van der Waals surface area contributed by atoms with Gasteiger partial charge in [0.2, 0.25) is 5.78 Å². The van der Waals surface area contributed by atoms with Crippen molar-refractivity contribution in [3.8, 4) is 0 Å². The number of fused-ring (bicyclic) bond motifs is 4. The van der Waals surface area contributed by atoms with Gasteiger partial charge in [-0.05, 0) is 5.57 Å². The van der Waals surface area contributed by atoms with E-state index in [1.165, 1.54) is 18.3 Å². The van der Waals surface area contributed by atoms with Gasteiger partial charge in [0.15, 0.2) is 5.78 Å². The third kappa shape index (κ3) is 1.97. The molecule has 30 heavy (non-hydrogen) atoms. The minimum absolute atomic E-state index is 0. The van der Waals surface area contributed by atoms with Crippen molar-refractivity contribution in [2.75, 3.05) is 0 Å². The number of carbonyl (C=O) groups excluding carboxylic acids is 4. The quantitative estimate of drug-likeness (QED) is 0.432. The van der Waals surface area contributed by atoms with Gasteiger partial charge in [0.05, 0.1) is 12.1 Å². The van der Waals surface area contributed by atoms with E-state index >= 15 is 0 Å². The maximum Gasteiger partial charge on any atom is 0.348 e. The predicted octanol–water partition coefficient (Wildman–Crippen LogP) is -1.02. The van der Waals surface area contributed by atoms with Gasteiger partial charge < -0.3 is 15.0 Å². The molecule has 1 saturated heterocycles. The number of nitrogens with one attached hydrogen (secondary N) is 1. The number of aromatic amines is 1. The van der Waals surface area contributed by atoms with Crippen LogP contribution in [0.3, 0.4) is 0 Å². The SMILES string of the molecule is O=C1[N-]C23Cn4c(=O)[nH]c(=O)n4C=C2C2=C(C(=O)c4ccccc4C2=O)N3C1=O.[Ce]. The van der Waals surface area contributed by atoms with E-state index in [0.717, 1.165) is 14.3 Å². The van der Waals surface area contributed by atoms with Gasteiger partial charge in [-0.2, -0.15) is 0 Å². The number of Topliss-reactive ketones (excluding diaryl/α,β-unsaturated/α-hetero) is 2. The number of carbonyl (C=O) groups is 4. The van der Waals surface area contributed by atoms with E-state index in [4.69, 9.17) is 0 Å². The van der Waals surface area contributed by atoms with Gasteiger partial charge in [-0.25, -0.2) is 19.0 Å². The number of hydrogen-bond acceptors (Lipinski definition) is 6. The van der Waals surface area contributed by atoms with Gasteiger partial charge in [-0.15, -0.1) is 0 Å². The van der Waals surface area contributed by atoms with Crippen molar-refractivity contribution in [1.82, 2.24) is 19.2 Å². The van der Waals surface area contributed by atoms with Crippen LogP contribution < -0.4 is 11.4 Å². The second-order valence-corrected chi connectivity index (χ2v) is 6.98. The number of benzene rings is 1. The van der Waals surface area contributed by atoms with Crippen molar-refractivity contribution >= 4 is 29.6 Å². The van der Waals surface area contributed by atoms with E-state index < -0.39 is 47.0 Å². The molecule has 2 aromatic rings. The molecule has 12 heteroatoms. The van der Waals surface area contributed by atoms with Crippen LogP contribution in [0.15, 0.2) is 50.7 Å². The van der Waals surface area contributed by atoms with Crippen molar-refractivity contribution in [3.05, 3.63) is 78.5 Å². The van der Waals surface area contributed by atoms with Crippen LogP contribution in [0.25, 0.3) is 11.5 Å². The maximum atomic E-state index is 13.2. The summed E-state index contributed by atoms with van der Waals surface area (Å²) in [5, 5.41) is 3.92. The molecule has 3 aliphatic heterocycles. The number of rotatable bonds is 0. The number of allylic oxidation sites excluding steroid dienone is 1. The second kappa shape index (κ2) is 5.83. The first-order chi connectivity index (χ1) is 13.8. The fraction of sp³-hybridized carbons (Fsp3) is 0.111. The molecule has 146 valence electrons. The van der Waals surface area contributed by atoms with Crippen LogP contribution in [-0.4, -0.2) is 48.3 Å². The van der Waals surface area contributed by atoms with Gasteiger partial charge in [0.25, 0.3) is 5.91 Å². The van der Waals surface area contributed by atoms with E-state index in [-0.39, 0.29) is 69.7 Å². The molecular formula is C18H8CeN5O6-. The van der Waals surface area contributed by atoms with Crippen LogP contribution in [0, 0.1) is 41.7 Å². The third-order valence-corrected chi connectivity index (χ3v) is 5.60. The molecule has 1 aromatic heterocycles. The van der Waals surface area contributed by atoms with Crippen LogP contribution in [-0.2, 0) is 16.1 Å². The third-order valence-electron chi connectivity index (χ3n) is 5.60. The maximum absolute atomic E-state index is 13.2. The second-order valence-electron chi connectivity index (χ2n) is 6.98. The summed E-state index contributed by atoms with van der Waals surface area (Å²) >= 11 is 0. The first kappa shape index (κ1) is 19.1. The van der Waals surface area contributed by atoms with Crippen molar-refractivity contribution in [1.29, 1.82) is 0 Å². The first-order valence-corrected chi connectivity index (χ1v) is 8.53. The van der Waals surface area contributed by atoms with E-state index in [9.17, 15) is 28.8 Å². The number of ketones is 2. The summed E-state index contributed by atoms with van der Waals surface area (Å²) < 4.78 is 1.91. The number of H-pyrrole nitrogens is 1. The summed E-state index contributed by atoms with van der Waals surface area (Å²) in [5.41, 5.74) is -3.33. The van der Waals surface area contributed by atoms with Crippen molar-refractivity contribution in [2.45, 2.75) is 12.2 Å². The Bertz CT molecular complexity index is 1440. The predicted molar refractivity (Wildman–Crippen MR) is 93.7 cm³/mol. The summed E-state index contributed by atoms with van der Waals surface area (Å²) in [6.07, 6.45) is 1.17. The monoisotopic (exact) mass is 530 g/mol. The fourth-order valence-electron chi connectivity index (χ4n) is 4.41. The Morgan fingerprint density at radius 3 is 2.30 bits per heavy atom. The molecule has 1 atom stereocenters. The summed E-state index contributed by atoms with van der Waals surface area (Å²) in [4.78, 5) is 78.5. The average molecular weight is 530 g/mol. The van der Waals surface area contributed by atoms with Gasteiger partial charge >= 0.3 is 11.4 Å². The Hall–Kier alpha value is -2.90. The molecule has 1 aromatic carbocycles. The van der Waals surface area contributed by atoms with Crippen molar-refractivity contribution < 1.29 is 60.9 Å². The van der Waals surface area contributed by atoms with Gasteiger partial charge in [-0.3, -0.25) is 19.4 Å². The number of amides is 2. The first-order valence-electron chi connectivity index (χ1n) is 8.53. The molecule has 0 radical (unpaired) electrons. The van der Waals surface area contributed by atoms with Crippen LogP contribution in [0.1, 0.15) is 20.7 Å². The normalized spacial score (nSPS) is 23.2. The van der Waals surface area contributed by atoms with E-state index in [0.29, 0.717) is 0 Å². The summed E-state index contributed by atoms with van der Waals surface area (Å²) in [7, 11) is 0. The van der Waals surface area contributed by atoms with Crippen LogP contribution in [0.5, 0.6) is 0 Å². The van der Waals surface area contributed by atoms with Gasteiger partial charge in [0.1, 0.15) is 11.6 Å². The molecule has 1 unspecified atom stereocenters. The Morgan fingerprint density at radius 2 is 1.60 bits per heavy atom. The van der Waals surface area contributed by atoms with Crippen LogP contribution in [0.4, 0.5) is 0 Å². The molecule has 11 nitrogen and oxygen atoms in total. The molecular weight excluding hydrogens is 522 g/mol. The Morgan fingerprint density at radius 1 is 0.933 bits per heavy atom.